The fourth-order valence-electron chi connectivity index (χ4n) is 2.41. The fourth-order valence-corrected chi connectivity index (χ4v) is 2.41. The van der Waals surface area contributed by atoms with Crippen LogP contribution in [0.3, 0.4) is 0 Å². The van der Waals surface area contributed by atoms with Crippen LogP contribution in [0.1, 0.15) is 32.1 Å². The van der Waals surface area contributed by atoms with Crippen molar-refractivity contribution in [2.24, 2.45) is 0 Å². The van der Waals surface area contributed by atoms with Crippen LogP contribution in [0, 0.1) is 0 Å². The van der Waals surface area contributed by atoms with E-state index in [1.165, 1.54) is 25.7 Å². The highest BCUT2D eigenvalue weighted by molar-refractivity contribution is 5.78. The monoisotopic (exact) mass is 226 g/mol. The van der Waals surface area contributed by atoms with Gasteiger partial charge in [0.05, 0.1) is 12.6 Å². The molecule has 1 amide bonds. The average molecular weight is 226 g/mol. The van der Waals surface area contributed by atoms with Crippen molar-refractivity contribution in [1.82, 2.24) is 10.2 Å². The SMILES string of the molecule is O=C(CNCCC1CCCO1)N1CCCC1. The van der Waals surface area contributed by atoms with E-state index in [0.717, 1.165) is 32.7 Å². The van der Waals surface area contributed by atoms with Crippen LogP contribution in [0.5, 0.6) is 0 Å². The number of nitrogens with zero attached hydrogens (tertiary/aromatic N) is 1. The summed E-state index contributed by atoms with van der Waals surface area (Å²) >= 11 is 0. The van der Waals surface area contributed by atoms with Crippen molar-refractivity contribution in [3.63, 3.8) is 0 Å². The molecule has 2 aliphatic heterocycles. The zero-order valence-corrected chi connectivity index (χ0v) is 9.91. The molecule has 0 saturated carbocycles. The summed E-state index contributed by atoms with van der Waals surface area (Å²) in [6.45, 7) is 4.20. The van der Waals surface area contributed by atoms with E-state index in [4.69, 9.17) is 4.74 Å². The lowest BCUT2D eigenvalue weighted by molar-refractivity contribution is -0.129. The number of amides is 1. The van der Waals surface area contributed by atoms with Gasteiger partial charge in [-0.25, -0.2) is 0 Å². The molecule has 4 heteroatoms. The van der Waals surface area contributed by atoms with E-state index in [9.17, 15) is 4.79 Å². The maximum atomic E-state index is 11.7. The number of rotatable bonds is 5. The largest absolute Gasteiger partial charge is 0.378 e. The molecule has 92 valence electrons. The quantitative estimate of drug-likeness (QED) is 0.704. The molecule has 1 N–H and O–H groups in total. The van der Waals surface area contributed by atoms with E-state index in [0.29, 0.717) is 12.6 Å². The second-order valence-electron chi connectivity index (χ2n) is 4.69. The molecule has 0 aliphatic carbocycles. The van der Waals surface area contributed by atoms with Gasteiger partial charge in [-0.1, -0.05) is 0 Å². The van der Waals surface area contributed by atoms with Gasteiger partial charge in [0.15, 0.2) is 0 Å². The molecule has 0 aromatic heterocycles. The smallest absolute Gasteiger partial charge is 0.236 e. The summed E-state index contributed by atoms with van der Waals surface area (Å²) in [6.07, 6.45) is 6.17. The molecule has 2 fully saturated rings. The Kier molecular flexibility index (Phi) is 4.60. The standard InChI is InChI=1S/C12H22N2O2/c15-12(14-7-1-2-8-14)10-13-6-5-11-4-3-9-16-11/h11,13H,1-10H2. The first-order valence-corrected chi connectivity index (χ1v) is 6.46. The lowest BCUT2D eigenvalue weighted by Gasteiger charge is -2.16. The van der Waals surface area contributed by atoms with Gasteiger partial charge in [-0.3, -0.25) is 4.79 Å². The van der Waals surface area contributed by atoms with Crippen molar-refractivity contribution in [2.45, 2.75) is 38.2 Å². The Hall–Kier alpha value is -0.610. The molecule has 0 radical (unpaired) electrons. The van der Waals surface area contributed by atoms with E-state index in [1.54, 1.807) is 0 Å². The van der Waals surface area contributed by atoms with Crippen LogP contribution in [-0.2, 0) is 9.53 Å². The van der Waals surface area contributed by atoms with Gasteiger partial charge < -0.3 is 15.0 Å². The van der Waals surface area contributed by atoms with Gasteiger partial charge in [-0.2, -0.15) is 0 Å². The number of hydrogen-bond donors (Lipinski definition) is 1. The number of carbonyl (C=O) groups excluding carboxylic acids is 1. The molecule has 2 heterocycles. The van der Waals surface area contributed by atoms with Crippen molar-refractivity contribution < 1.29 is 9.53 Å². The van der Waals surface area contributed by atoms with E-state index in [-0.39, 0.29) is 5.91 Å². The van der Waals surface area contributed by atoms with E-state index < -0.39 is 0 Å². The second-order valence-corrected chi connectivity index (χ2v) is 4.69. The number of hydrogen-bond acceptors (Lipinski definition) is 3. The average Bonchev–Trinajstić information content (AvgIpc) is 2.96. The van der Waals surface area contributed by atoms with Crippen molar-refractivity contribution in [3.05, 3.63) is 0 Å². The molecule has 0 spiro atoms. The van der Waals surface area contributed by atoms with Gasteiger partial charge in [0.2, 0.25) is 5.91 Å². The van der Waals surface area contributed by atoms with Crippen molar-refractivity contribution >= 4 is 5.91 Å². The van der Waals surface area contributed by atoms with Gasteiger partial charge in [-0.05, 0) is 38.6 Å². The topological polar surface area (TPSA) is 41.6 Å². The van der Waals surface area contributed by atoms with Crippen LogP contribution < -0.4 is 5.32 Å². The molecule has 1 unspecified atom stereocenters. The van der Waals surface area contributed by atoms with E-state index >= 15 is 0 Å². The van der Waals surface area contributed by atoms with Gasteiger partial charge in [0.25, 0.3) is 0 Å². The van der Waals surface area contributed by atoms with Crippen LogP contribution in [0.15, 0.2) is 0 Å². The Morgan fingerprint density at radius 2 is 2.12 bits per heavy atom. The Bertz CT molecular complexity index is 221. The first kappa shape index (κ1) is 11.9. The van der Waals surface area contributed by atoms with E-state index in [1.807, 2.05) is 4.90 Å². The van der Waals surface area contributed by atoms with Crippen LogP contribution in [0.4, 0.5) is 0 Å². The third kappa shape index (κ3) is 3.46. The molecule has 1 atom stereocenters. The van der Waals surface area contributed by atoms with Gasteiger partial charge in [0, 0.05) is 19.7 Å². The van der Waals surface area contributed by atoms with Crippen LogP contribution in [0.2, 0.25) is 0 Å². The Morgan fingerprint density at radius 1 is 1.31 bits per heavy atom. The molecule has 16 heavy (non-hydrogen) atoms. The lowest BCUT2D eigenvalue weighted by atomic mass is 10.2. The maximum absolute atomic E-state index is 11.7. The first-order valence-electron chi connectivity index (χ1n) is 6.46. The molecule has 0 aromatic carbocycles. The molecule has 2 aliphatic rings. The molecule has 0 aromatic rings. The Labute approximate surface area is 97.3 Å². The second kappa shape index (κ2) is 6.21. The van der Waals surface area contributed by atoms with Crippen LogP contribution in [-0.4, -0.2) is 49.7 Å². The summed E-state index contributed by atoms with van der Waals surface area (Å²) < 4.78 is 5.52. The zero-order chi connectivity index (χ0) is 11.2. The highest BCUT2D eigenvalue weighted by Gasteiger charge is 2.18. The normalized spacial score (nSPS) is 25.2. The summed E-state index contributed by atoms with van der Waals surface area (Å²) in [5.74, 6) is 0.254. The summed E-state index contributed by atoms with van der Waals surface area (Å²) in [7, 11) is 0. The lowest BCUT2D eigenvalue weighted by Crippen LogP contribution is -2.37. The van der Waals surface area contributed by atoms with Crippen molar-refractivity contribution in [1.29, 1.82) is 0 Å². The first-order chi connectivity index (χ1) is 7.86. The summed E-state index contributed by atoms with van der Waals surface area (Å²) in [5.41, 5.74) is 0. The highest BCUT2D eigenvalue weighted by Crippen LogP contribution is 2.14. The molecule has 2 rings (SSSR count). The molecular formula is C12H22N2O2. The predicted octanol–water partition coefficient (Wildman–Crippen LogP) is 0.767. The maximum Gasteiger partial charge on any atom is 0.236 e. The van der Waals surface area contributed by atoms with Gasteiger partial charge in [0.1, 0.15) is 0 Å². The summed E-state index contributed by atoms with van der Waals surface area (Å²) in [4.78, 5) is 13.6. The summed E-state index contributed by atoms with van der Waals surface area (Å²) in [6, 6.07) is 0. The molecule has 4 nitrogen and oxygen atoms in total. The minimum atomic E-state index is 0.254. The zero-order valence-electron chi connectivity index (χ0n) is 9.91. The predicted molar refractivity (Wildman–Crippen MR) is 62.3 cm³/mol. The van der Waals surface area contributed by atoms with Crippen LogP contribution in [0.25, 0.3) is 0 Å². The number of carbonyl (C=O) groups is 1. The number of nitrogens with one attached hydrogen (secondary N) is 1. The van der Waals surface area contributed by atoms with Gasteiger partial charge in [-0.15, -0.1) is 0 Å². The van der Waals surface area contributed by atoms with Crippen molar-refractivity contribution in [3.8, 4) is 0 Å². The Balaban J connectivity index is 1.51. The van der Waals surface area contributed by atoms with Crippen LogP contribution >= 0.6 is 0 Å². The molecule has 0 bridgehead atoms. The minimum absolute atomic E-state index is 0.254. The van der Waals surface area contributed by atoms with Crippen molar-refractivity contribution in [2.75, 3.05) is 32.8 Å². The minimum Gasteiger partial charge on any atom is -0.378 e. The Morgan fingerprint density at radius 3 is 2.81 bits per heavy atom. The third-order valence-electron chi connectivity index (χ3n) is 3.40. The molecular weight excluding hydrogens is 204 g/mol. The number of likely N-dealkylation sites (tertiary alicyclic amines) is 1. The molecule has 2 saturated heterocycles. The van der Waals surface area contributed by atoms with E-state index in [2.05, 4.69) is 5.32 Å². The van der Waals surface area contributed by atoms with Gasteiger partial charge >= 0.3 is 0 Å². The summed E-state index contributed by atoms with van der Waals surface area (Å²) in [5, 5.41) is 3.22. The fraction of sp³-hybridized carbons (Fsp3) is 0.917. The highest BCUT2D eigenvalue weighted by atomic mass is 16.5. The third-order valence-corrected chi connectivity index (χ3v) is 3.40. The number of ether oxygens (including phenoxy) is 1.